The van der Waals surface area contributed by atoms with E-state index in [9.17, 15) is 0 Å². The van der Waals surface area contributed by atoms with E-state index in [1.165, 1.54) is 10.4 Å². The van der Waals surface area contributed by atoms with Gasteiger partial charge in [0.1, 0.15) is 0 Å². The summed E-state index contributed by atoms with van der Waals surface area (Å²) >= 11 is 0. The summed E-state index contributed by atoms with van der Waals surface area (Å²) in [6, 6.07) is 0. The van der Waals surface area contributed by atoms with Crippen molar-refractivity contribution >= 4 is 16.1 Å². The minimum Gasteiger partial charge on any atom is -1.00 e. The van der Waals surface area contributed by atoms with Crippen molar-refractivity contribution in [1.82, 2.24) is 0 Å². The standard InChI is InChI=1S/2C8H13Si.Sc.H/c2*1-9(2,3)8-6-4-5-7-8;;/h2*4,6H,5H2,1-3H3;;/q2*-1;+3;-1. The number of hydrogen-bond donors (Lipinski definition) is 0. The van der Waals surface area contributed by atoms with Crippen molar-refractivity contribution in [1.29, 1.82) is 0 Å². The molecule has 0 atom stereocenters. The number of rotatable bonds is 2. The van der Waals surface area contributed by atoms with Crippen LogP contribution in [0.3, 0.4) is 0 Å². The van der Waals surface area contributed by atoms with Crippen LogP contribution in [0.15, 0.2) is 34.7 Å². The van der Waals surface area contributed by atoms with E-state index >= 15 is 0 Å². The molecule has 0 N–H and O–H groups in total. The molecule has 0 aromatic carbocycles. The molecule has 0 spiro atoms. The third-order valence-corrected chi connectivity index (χ3v) is 6.92. The molecule has 0 radical (unpaired) electrons. The molecule has 0 saturated carbocycles. The van der Waals surface area contributed by atoms with Gasteiger partial charge < -0.3 is 1.43 Å². The zero-order valence-corrected chi connectivity index (χ0v) is 17.1. The van der Waals surface area contributed by atoms with Crippen molar-refractivity contribution in [2.45, 2.75) is 52.1 Å². The molecule has 0 aliphatic heterocycles. The average molecular weight is 321 g/mol. The summed E-state index contributed by atoms with van der Waals surface area (Å²) in [6.07, 6.45) is 17.6. The van der Waals surface area contributed by atoms with Crippen LogP contribution in [-0.2, 0) is 25.8 Å². The van der Waals surface area contributed by atoms with Crippen molar-refractivity contribution in [3.63, 3.8) is 0 Å². The molecule has 0 aromatic heterocycles. The van der Waals surface area contributed by atoms with Gasteiger partial charge in [-0.1, -0.05) is 39.3 Å². The van der Waals surface area contributed by atoms with Gasteiger partial charge in [-0.3, -0.25) is 12.2 Å². The molecule has 19 heavy (non-hydrogen) atoms. The van der Waals surface area contributed by atoms with E-state index < -0.39 is 16.1 Å². The first-order valence-corrected chi connectivity index (χ1v) is 13.8. The van der Waals surface area contributed by atoms with Crippen molar-refractivity contribution in [3.05, 3.63) is 46.8 Å². The van der Waals surface area contributed by atoms with Crippen molar-refractivity contribution in [2.24, 2.45) is 0 Å². The van der Waals surface area contributed by atoms with E-state index in [4.69, 9.17) is 0 Å². The SMILES string of the molecule is C[Si](C)(C)C1=[C-]CC=C1.C[Si](C)(C)C1=[C-]CC=C1.[H-].[Sc+3]. The van der Waals surface area contributed by atoms with Crippen LogP contribution >= 0.6 is 0 Å². The Labute approximate surface area is 142 Å². The summed E-state index contributed by atoms with van der Waals surface area (Å²) in [4.78, 5) is 0. The molecule has 0 unspecified atom stereocenters. The van der Waals surface area contributed by atoms with Crippen LogP contribution in [0.5, 0.6) is 0 Å². The summed E-state index contributed by atoms with van der Waals surface area (Å²) in [5, 5.41) is 2.98. The van der Waals surface area contributed by atoms with Crippen molar-refractivity contribution in [3.8, 4) is 0 Å². The molecule has 0 saturated heterocycles. The molecule has 2 rings (SSSR count). The summed E-state index contributed by atoms with van der Waals surface area (Å²) in [5.41, 5.74) is 0. The van der Waals surface area contributed by atoms with Crippen LogP contribution in [0, 0.1) is 12.2 Å². The molecule has 102 valence electrons. The van der Waals surface area contributed by atoms with Gasteiger partial charge in [-0.15, -0.1) is 12.8 Å². The van der Waals surface area contributed by atoms with Gasteiger partial charge in [-0.25, -0.2) is 22.5 Å². The average Bonchev–Trinajstić information content (AvgIpc) is 2.91. The van der Waals surface area contributed by atoms with E-state index in [1.54, 1.807) is 0 Å². The maximum atomic E-state index is 3.36. The zero-order valence-electron chi connectivity index (χ0n) is 14.3. The van der Waals surface area contributed by atoms with E-state index in [1.807, 2.05) is 0 Å². The first-order chi connectivity index (χ1) is 8.21. The van der Waals surface area contributed by atoms with Crippen LogP contribution < -0.4 is 0 Å². The zero-order chi connectivity index (χ0) is 13.8. The molecule has 0 aromatic rings. The van der Waals surface area contributed by atoms with Crippen LogP contribution in [0.4, 0.5) is 0 Å². The van der Waals surface area contributed by atoms with Crippen molar-refractivity contribution in [2.75, 3.05) is 0 Å². The fourth-order valence-corrected chi connectivity index (χ4v) is 4.34. The minimum absolute atomic E-state index is 0. The predicted octanol–water partition coefficient (Wildman–Crippen LogP) is 5.22. The second-order valence-electron chi connectivity index (χ2n) is 6.89. The molecule has 0 fully saturated rings. The normalized spacial score (nSPS) is 17.4. The number of hydrogen-bond acceptors (Lipinski definition) is 0. The smallest absolute Gasteiger partial charge is 1.00 e. The Balaban J connectivity index is 0. The van der Waals surface area contributed by atoms with Crippen LogP contribution in [-0.4, -0.2) is 16.1 Å². The van der Waals surface area contributed by atoms with Gasteiger partial charge in [-0.05, 0) is 0 Å². The fraction of sp³-hybridized carbons (Fsp3) is 0.500. The Bertz CT molecular complexity index is 367. The van der Waals surface area contributed by atoms with Gasteiger partial charge in [0.05, 0.1) is 0 Å². The molecule has 0 nitrogen and oxygen atoms in total. The van der Waals surface area contributed by atoms with Crippen molar-refractivity contribution < 1.29 is 27.3 Å². The molecule has 2 aliphatic carbocycles. The second kappa shape index (κ2) is 7.89. The maximum Gasteiger partial charge on any atom is 3.00 e. The van der Waals surface area contributed by atoms with Gasteiger partial charge in [0.15, 0.2) is 0 Å². The summed E-state index contributed by atoms with van der Waals surface area (Å²) < 4.78 is 0. The third-order valence-electron chi connectivity index (χ3n) is 3.01. The Hall–Kier alpha value is 0.264. The molecule has 2 aliphatic rings. The number of allylic oxidation sites excluding steroid dienone is 8. The monoisotopic (exact) mass is 320 g/mol. The van der Waals surface area contributed by atoms with E-state index in [2.05, 4.69) is 75.7 Å². The fourth-order valence-electron chi connectivity index (χ4n) is 1.84. The first kappa shape index (κ1) is 19.3. The van der Waals surface area contributed by atoms with E-state index in [0.717, 1.165) is 12.8 Å². The molecular weight excluding hydrogens is 293 g/mol. The maximum absolute atomic E-state index is 3.36. The van der Waals surface area contributed by atoms with Gasteiger partial charge in [0.2, 0.25) is 0 Å². The summed E-state index contributed by atoms with van der Waals surface area (Å²) in [7, 11) is -2.01. The summed E-state index contributed by atoms with van der Waals surface area (Å²) in [6.45, 7) is 14.1. The molecular formula is C16H27ScSi2. The van der Waals surface area contributed by atoms with Gasteiger partial charge in [-0.2, -0.15) is 12.2 Å². The van der Waals surface area contributed by atoms with Gasteiger partial charge in [0, 0.05) is 16.1 Å². The molecule has 3 heteroatoms. The Morgan fingerprint density at radius 1 is 0.789 bits per heavy atom. The Morgan fingerprint density at radius 3 is 1.21 bits per heavy atom. The topological polar surface area (TPSA) is 0 Å². The third kappa shape index (κ3) is 7.00. The van der Waals surface area contributed by atoms with Crippen LogP contribution in [0.25, 0.3) is 0 Å². The first-order valence-electron chi connectivity index (χ1n) is 6.77. The predicted molar refractivity (Wildman–Crippen MR) is 88.8 cm³/mol. The minimum atomic E-state index is -1.01. The molecule has 0 heterocycles. The van der Waals surface area contributed by atoms with Crippen LogP contribution in [0.1, 0.15) is 14.3 Å². The molecule has 0 amide bonds. The molecule has 0 bridgehead atoms. The quantitative estimate of drug-likeness (QED) is 0.483. The Kier molecular flexibility index (Phi) is 8.00. The van der Waals surface area contributed by atoms with E-state index in [0.29, 0.717) is 0 Å². The second-order valence-corrected chi connectivity index (χ2v) is 17.0. The van der Waals surface area contributed by atoms with Gasteiger partial charge >= 0.3 is 25.8 Å². The summed E-state index contributed by atoms with van der Waals surface area (Å²) in [5.74, 6) is 0. The largest absolute Gasteiger partial charge is 3.00 e. The van der Waals surface area contributed by atoms with Gasteiger partial charge in [0.25, 0.3) is 0 Å². The van der Waals surface area contributed by atoms with Crippen LogP contribution in [0.2, 0.25) is 39.3 Å². The Morgan fingerprint density at radius 2 is 1.11 bits per heavy atom. The van der Waals surface area contributed by atoms with E-state index in [-0.39, 0.29) is 27.3 Å².